The zero-order valence-electron chi connectivity index (χ0n) is 28.8. The van der Waals surface area contributed by atoms with E-state index in [-0.39, 0.29) is 57.6 Å². The minimum absolute atomic E-state index is 0.0543. The van der Waals surface area contributed by atoms with Gasteiger partial charge in [-0.15, -0.1) is 11.3 Å². The summed E-state index contributed by atoms with van der Waals surface area (Å²) >= 11 is 7.56. The Balaban J connectivity index is 1.09. The summed E-state index contributed by atoms with van der Waals surface area (Å²) in [5.74, 6) is -0.321. The Bertz CT molecular complexity index is 2600. The maximum atomic E-state index is 14.5. The number of carbonyl (C=O) groups excluding carboxylic acids is 1. The molecule has 18 heteroatoms. The van der Waals surface area contributed by atoms with Crippen LogP contribution in [0.25, 0.3) is 32.2 Å². The topological polar surface area (TPSA) is 151 Å². The SMILES string of the molecule is Cc1nc2cc(C(F)(F)F)c(N3CC4(C3)CN(C3CC3)C4)c(C#N)c2c(=O)n1CCOc1ccc(Cl)cc1-c1ccnc2c(C(=O)NS(C)(=O)=O)csc12. The number of likely N-dealkylation sites (tertiary alicyclic amines) is 1. The van der Waals surface area contributed by atoms with Crippen LogP contribution < -0.4 is 19.9 Å². The van der Waals surface area contributed by atoms with Crippen LogP contribution in [-0.4, -0.2) is 78.8 Å². The third kappa shape index (κ3) is 6.44. The molecule has 54 heavy (non-hydrogen) atoms. The zero-order valence-corrected chi connectivity index (χ0v) is 31.2. The summed E-state index contributed by atoms with van der Waals surface area (Å²) in [6.07, 6.45) is -0.142. The minimum Gasteiger partial charge on any atom is -0.491 e. The number of halogens is 4. The molecule has 3 aliphatic rings. The molecule has 1 aliphatic carbocycles. The first-order valence-electron chi connectivity index (χ1n) is 16.9. The van der Waals surface area contributed by atoms with Gasteiger partial charge < -0.3 is 9.64 Å². The normalized spacial score (nSPS) is 17.0. The number of sulfonamides is 1. The lowest BCUT2D eigenvalue weighted by atomic mass is 9.72. The van der Waals surface area contributed by atoms with Gasteiger partial charge in [0.15, 0.2) is 0 Å². The molecule has 12 nitrogen and oxygen atoms in total. The van der Waals surface area contributed by atoms with E-state index in [1.807, 2.05) is 10.8 Å². The Kier molecular flexibility index (Phi) is 8.68. The fraction of sp³-hybridized carbons (Fsp3) is 0.361. The van der Waals surface area contributed by atoms with Crippen LogP contribution in [0.2, 0.25) is 5.02 Å². The number of nitriles is 1. The van der Waals surface area contributed by atoms with Crippen molar-refractivity contribution in [1.29, 1.82) is 5.26 Å². The van der Waals surface area contributed by atoms with Crippen molar-refractivity contribution in [3.8, 4) is 22.9 Å². The molecule has 5 aromatic rings. The number of hydrogen-bond donors (Lipinski definition) is 1. The Morgan fingerprint density at radius 1 is 1.17 bits per heavy atom. The average Bonchev–Trinajstić information content (AvgIpc) is 3.80. The molecule has 0 unspecified atom stereocenters. The van der Waals surface area contributed by atoms with Crippen LogP contribution in [0.5, 0.6) is 5.75 Å². The number of aryl methyl sites for hydroxylation is 1. The van der Waals surface area contributed by atoms with E-state index < -0.39 is 33.2 Å². The Morgan fingerprint density at radius 2 is 1.91 bits per heavy atom. The maximum absolute atomic E-state index is 14.5. The van der Waals surface area contributed by atoms with Crippen molar-refractivity contribution in [3.05, 3.63) is 79.8 Å². The number of aromatic nitrogens is 3. The zero-order chi connectivity index (χ0) is 38.3. The summed E-state index contributed by atoms with van der Waals surface area (Å²) in [4.78, 5) is 39.4. The van der Waals surface area contributed by atoms with Crippen LogP contribution in [0.1, 0.15) is 40.2 Å². The molecule has 1 amide bonds. The predicted molar refractivity (Wildman–Crippen MR) is 198 cm³/mol. The number of carbonyl (C=O) groups is 1. The van der Waals surface area contributed by atoms with Crippen molar-refractivity contribution in [2.45, 2.75) is 38.5 Å². The number of benzene rings is 2. The number of anilines is 1. The van der Waals surface area contributed by atoms with Gasteiger partial charge in [-0.3, -0.25) is 24.0 Å². The molecule has 0 bridgehead atoms. The molecule has 3 aromatic heterocycles. The van der Waals surface area contributed by atoms with Crippen molar-refractivity contribution < 1.29 is 31.1 Å². The van der Waals surface area contributed by atoms with Crippen molar-refractivity contribution >= 4 is 65.7 Å². The monoisotopic (exact) mass is 797 g/mol. The third-order valence-corrected chi connectivity index (χ3v) is 11.9. The first kappa shape index (κ1) is 36.2. The molecule has 2 aliphatic heterocycles. The fourth-order valence-corrected chi connectivity index (χ4v) is 9.30. The molecular weight excluding hydrogens is 767 g/mol. The molecule has 2 aromatic carbocycles. The number of alkyl halides is 3. The lowest BCUT2D eigenvalue weighted by Gasteiger charge is -2.61. The summed E-state index contributed by atoms with van der Waals surface area (Å²) in [7, 11) is -3.82. The number of nitrogens with zero attached hydrogens (tertiary/aromatic N) is 6. The highest BCUT2D eigenvalue weighted by Crippen LogP contribution is 2.50. The van der Waals surface area contributed by atoms with Crippen molar-refractivity contribution in [1.82, 2.24) is 24.2 Å². The van der Waals surface area contributed by atoms with Gasteiger partial charge in [-0.25, -0.2) is 18.1 Å². The van der Waals surface area contributed by atoms with Crippen LogP contribution in [0.4, 0.5) is 18.9 Å². The Labute approximate surface area is 315 Å². The lowest BCUT2D eigenvalue weighted by molar-refractivity contribution is -0.137. The van der Waals surface area contributed by atoms with Gasteiger partial charge in [0.05, 0.1) is 56.3 Å². The quantitative estimate of drug-likeness (QED) is 0.200. The standard InChI is InChI=1S/C36H31ClF3N7O5S2/c1-19-43-27-12-26(36(38,39)40)31(46-17-35(18-46)15-45(16-35)21-4-5-21)24(13-41)29(27)34(49)47(19)9-10-52-28-6-3-20(37)11-23(28)22-7-8-42-30-25(14-53-32(22)30)33(48)44-54(2,50)51/h3,6-8,11-12,14,21H,4-5,9-10,15-18H2,1-2H3,(H,44,48). The van der Waals surface area contributed by atoms with Gasteiger partial charge in [-0.2, -0.15) is 18.4 Å². The second kappa shape index (κ2) is 12.9. The van der Waals surface area contributed by atoms with Crippen molar-refractivity contribution in [3.63, 3.8) is 0 Å². The number of nitrogens with one attached hydrogen (secondary N) is 1. The summed E-state index contributed by atoms with van der Waals surface area (Å²) in [5, 5.41) is 12.0. The third-order valence-electron chi connectivity index (χ3n) is 10.1. The molecule has 1 N–H and O–H groups in total. The Morgan fingerprint density at radius 3 is 2.57 bits per heavy atom. The first-order valence-corrected chi connectivity index (χ1v) is 20.1. The van der Waals surface area contributed by atoms with Crippen molar-refractivity contribution in [2.24, 2.45) is 5.41 Å². The van der Waals surface area contributed by atoms with E-state index in [4.69, 9.17) is 16.3 Å². The molecule has 280 valence electrons. The van der Waals surface area contributed by atoms with Gasteiger partial charge in [0.1, 0.15) is 24.3 Å². The van der Waals surface area contributed by atoms with Crippen LogP contribution in [-0.2, 0) is 22.7 Å². The van der Waals surface area contributed by atoms with E-state index in [0.717, 1.165) is 38.3 Å². The van der Waals surface area contributed by atoms with Gasteiger partial charge in [0.25, 0.3) is 11.5 Å². The molecule has 3 fully saturated rings. The van der Waals surface area contributed by atoms with Crippen LogP contribution in [0.3, 0.4) is 0 Å². The molecule has 8 rings (SSSR count). The van der Waals surface area contributed by atoms with Gasteiger partial charge in [0.2, 0.25) is 10.0 Å². The highest BCUT2D eigenvalue weighted by Gasteiger charge is 2.56. The van der Waals surface area contributed by atoms with Gasteiger partial charge in [-0.1, -0.05) is 11.6 Å². The average molecular weight is 798 g/mol. The van der Waals surface area contributed by atoms with E-state index in [1.165, 1.54) is 34.4 Å². The van der Waals surface area contributed by atoms with Gasteiger partial charge in [-0.05, 0) is 50.1 Å². The maximum Gasteiger partial charge on any atom is 0.418 e. The molecule has 0 atom stereocenters. The van der Waals surface area contributed by atoms with E-state index in [1.54, 1.807) is 29.2 Å². The highest BCUT2D eigenvalue weighted by molar-refractivity contribution is 7.89. The number of pyridine rings is 1. The molecular formula is C36H31ClF3N7O5S2. The smallest absolute Gasteiger partial charge is 0.418 e. The van der Waals surface area contributed by atoms with E-state index in [2.05, 4.69) is 14.9 Å². The number of hydrogen-bond acceptors (Lipinski definition) is 11. The van der Waals surface area contributed by atoms with Crippen LogP contribution >= 0.6 is 22.9 Å². The van der Waals surface area contributed by atoms with Gasteiger partial charge >= 0.3 is 6.18 Å². The second-order valence-corrected chi connectivity index (χ2v) is 17.2. The number of ether oxygens (including phenoxy) is 1. The van der Waals surface area contributed by atoms with Crippen molar-refractivity contribution in [2.75, 3.05) is 43.9 Å². The van der Waals surface area contributed by atoms with Crippen LogP contribution in [0, 0.1) is 23.7 Å². The predicted octanol–water partition coefficient (Wildman–Crippen LogP) is 5.58. The first-order chi connectivity index (χ1) is 25.6. The largest absolute Gasteiger partial charge is 0.491 e. The van der Waals surface area contributed by atoms with Gasteiger partial charge in [0, 0.05) is 65.4 Å². The number of fused-ring (bicyclic) bond motifs is 2. The summed E-state index contributed by atoms with van der Waals surface area (Å²) in [5.41, 5.74) is -1.10. The molecule has 5 heterocycles. The van der Waals surface area contributed by atoms with Crippen LogP contribution in [0.15, 0.2) is 46.7 Å². The molecule has 0 radical (unpaired) electrons. The van der Waals surface area contributed by atoms with E-state index in [0.29, 0.717) is 45.7 Å². The second-order valence-electron chi connectivity index (χ2n) is 14.1. The fourth-order valence-electron chi connectivity index (χ4n) is 7.65. The number of amides is 1. The summed E-state index contributed by atoms with van der Waals surface area (Å²) in [6.45, 7) is 3.74. The van der Waals surface area contributed by atoms with E-state index >= 15 is 0 Å². The minimum atomic E-state index is -4.78. The lowest BCUT2D eigenvalue weighted by Crippen LogP contribution is -2.72. The number of rotatable bonds is 9. The Hall–Kier alpha value is -4.76. The summed E-state index contributed by atoms with van der Waals surface area (Å²) < 4.78 is 76.9. The molecule has 1 saturated carbocycles. The van der Waals surface area contributed by atoms with E-state index in [9.17, 15) is 36.4 Å². The summed E-state index contributed by atoms with van der Waals surface area (Å²) in [6, 6.07) is 9.96. The molecule has 1 spiro atoms. The number of thiophene rings is 1. The molecule has 2 saturated heterocycles. The highest BCUT2D eigenvalue weighted by atomic mass is 35.5.